The van der Waals surface area contributed by atoms with Crippen LogP contribution in [-0.2, 0) is 6.54 Å². The van der Waals surface area contributed by atoms with E-state index in [2.05, 4.69) is 39.6 Å². The minimum absolute atomic E-state index is 0.230. The SMILES string of the molecule is CCNC(=NCc1ccnc(OC)c1)NCC(c1ccccc1OC)N1CCCC1. The normalized spacial score (nSPS) is 15.6. The maximum atomic E-state index is 5.65. The molecule has 2 heterocycles. The summed E-state index contributed by atoms with van der Waals surface area (Å²) in [6.45, 7) is 6.40. The number of nitrogens with one attached hydrogen (secondary N) is 2. The van der Waals surface area contributed by atoms with Crippen LogP contribution in [0.4, 0.5) is 0 Å². The molecule has 1 aliphatic heterocycles. The lowest BCUT2D eigenvalue weighted by Gasteiger charge is -2.30. The fraction of sp³-hybridized carbons (Fsp3) is 0.478. The van der Waals surface area contributed by atoms with E-state index in [9.17, 15) is 0 Å². The van der Waals surface area contributed by atoms with Crippen molar-refractivity contribution in [3.8, 4) is 11.6 Å². The molecule has 0 aliphatic carbocycles. The number of aliphatic imine (C=N–C) groups is 1. The topological polar surface area (TPSA) is 71.0 Å². The van der Waals surface area contributed by atoms with E-state index < -0.39 is 0 Å². The van der Waals surface area contributed by atoms with Crippen molar-refractivity contribution in [2.45, 2.75) is 32.4 Å². The maximum Gasteiger partial charge on any atom is 0.213 e. The van der Waals surface area contributed by atoms with Crippen LogP contribution in [0.25, 0.3) is 0 Å². The second-order valence-corrected chi connectivity index (χ2v) is 7.28. The van der Waals surface area contributed by atoms with Gasteiger partial charge in [0.2, 0.25) is 5.88 Å². The van der Waals surface area contributed by atoms with Gasteiger partial charge in [0.05, 0.1) is 26.8 Å². The maximum absolute atomic E-state index is 5.65. The van der Waals surface area contributed by atoms with Crippen LogP contribution in [0.5, 0.6) is 11.6 Å². The average Bonchev–Trinajstić information content (AvgIpc) is 3.32. The molecule has 2 aromatic rings. The molecule has 2 N–H and O–H groups in total. The summed E-state index contributed by atoms with van der Waals surface area (Å²) < 4.78 is 10.9. The molecule has 0 spiro atoms. The van der Waals surface area contributed by atoms with Crippen LogP contribution in [0.15, 0.2) is 47.6 Å². The van der Waals surface area contributed by atoms with E-state index >= 15 is 0 Å². The molecule has 1 aliphatic rings. The van der Waals surface area contributed by atoms with Crippen molar-refractivity contribution in [3.05, 3.63) is 53.7 Å². The zero-order valence-electron chi connectivity index (χ0n) is 18.2. The number of guanidine groups is 1. The van der Waals surface area contributed by atoms with Crippen LogP contribution in [0, 0.1) is 0 Å². The number of ether oxygens (including phenoxy) is 2. The Morgan fingerprint density at radius 2 is 1.93 bits per heavy atom. The number of likely N-dealkylation sites (tertiary alicyclic amines) is 1. The van der Waals surface area contributed by atoms with Crippen molar-refractivity contribution in [1.82, 2.24) is 20.5 Å². The van der Waals surface area contributed by atoms with Gasteiger partial charge >= 0.3 is 0 Å². The zero-order chi connectivity index (χ0) is 21.2. The van der Waals surface area contributed by atoms with E-state index in [0.717, 1.165) is 43.5 Å². The Balaban J connectivity index is 1.73. The summed E-state index contributed by atoms with van der Waals surface area (Å²) in [7, 11) is 3.36. The molecule has 0 saturated carbocycles. The highest BCUT2D eigenvalue weighted by Gasteiger charge is 2.26. The monoisotopic (exact) mass is 411 g/mol. The Hall–Kier alpha value is -2.80. The number of methoxy groups -OCH3 is 2. The number of benzene rings is 1. The summed E-state index contributed by atoms with van der Waals surface area (Å²) in [5.41, 5.74) is 2.27. The first-order valence-corrected chi connectivity index (χ1v) is 10.6. The number of para-hydroxylation sites is 1. The first kappa shape index (κ1) is 21.9. The number of hydrogen-bond donors (Lipinski definition) is 2. The van der Waals surface area contributed by atoms with Gasteiger partial charge in [-0.05, 0) is 50.6 Å². The van der Waals surface area contributed by atoms with Crippen molar-refractivity contribution in [2.24, 2.45) is 4.99 Å². The molecule has 162 valence electrons. The molecule has 0 bridgehead atoms. The molecule has 0 amide bonds. The van der Waals surface area contributed by atoms with E-state index in [4.69, 9.17) is 14.5 Å². The third kappa shape index (κ3) is 5.86. The lowest BCUT2D eigenvalue weighted by molar-refractivity contribution is 0.239. The molecular weight excluding hydrogens is 378 g/mol. The Kier molecular flexibility index (Phi) is 8.32. The van der Waals surface area contributed by atoms with Gasteiger partial charge < -0.3 is 20.1 Å². The predicted molar refractivity (Wildman–Crippen MR) is 120 cm³/mol. The molecule has 7 nitrogen and oxygen atoms in total. The minimum Gasteiger partial charge on any atom is -0.496 e. The van der Waals surface area contributed by atoms with Crippen molar-refractivity contribution >= 4 is 5.96 Å². The van der Waals surface area contributed by atoms with Crippen LogP contribution in [0.2, 0.25) is 0 Å². The molecule has 0 radical (unpaired) electrons. The molecule has 1 saturated heterocycles. The lowest BCUT2D eigenvalue weighted by atomic mass is 10.0. The van der Waals surface area contributed by atoms with Gasteiger partial charge in [-0.2, -0.15) is 0 Å². The summed E-state index contributed by atoms with van der Waals surface area (Å²) in [5.74, 6) is 2.33. The second kappa shape index (κ2) is 11.4. The highest BCUT2D eigenvalue weighted by molar-refractivity contribution is 5.79. The number of rotatable bonds is 9. The zero-order valence-corrected chi connectivity index (χ0v) is 18.2. The van der Waals surface area contributed by atoms with Gasteiger partial charge in [0, 0.05) is 30.9 Å². The summed E-state index contributed by atoms with van der Waals surface area (Å²) in [6, 6.07) is 12.4. The van der Waals surface area contributed by atoms with E-state index in [0.29, 0.717) is 12.4 Å². The molecule has 1 fully saturated rings. The molecule has 3 rings (SSSR count). The van der Waals surface area contributed by atoms with E-state index in [1.165, 1.54) is 18.4 Å². The van der Waals surface area contributed by atoms with Gasteiger partial charge in [-0.15, -0.1) is 0 Å². The first-order valence-electron chi connectivity index (χ1n) is 10.6. The molecule has 1 unspecified atom stereocenters. The van der Waals surface area contributed by atoms with Gasteiger partial charge in [-0.1, -0.05) is 18.2 Å². The van der Waals surface area contributed by atoms with E-state index in [1.807, 2.05) is 24.3 Å². The third-order valence-corrected chi connectivity index (χ3v) is 5.31. The highest BCUT2D eigenvalue weighted by Crippen LogP contribution is 2.31. The molecule has 1 atom stereocenters. The number of nitrogens with zero attached hydrogens (tertiary/aromatic N) is 3. The summed E-state index contributed by atoms with van der Waals surface area (Å²) in [6.07, 6.45) is 4.22. The molecule has 1 aromatic heterocycles. The van der Waals surface area contributed by atoms with Crippen LogP contribution < -0.4 is 20.1 Å². The summed E-state index contributed by atoms with van der Waals surface area (Å²) >= 11 is 0. The van der Waals surface area contributed by atoms with Gasteiger partial charge in [-0.25, -0.2) is 9.98 Å². The fourth-order valence-electron chi connectivity index (χ4n) is 3.80. The van der Waals surface area contributed by atoms with Crippen molar-refractivity contribution in [1.29, 1.82) is 0 Å². The van der Waals surface area contributed by atoms with Gasteiger partial charge in [0.25, 0.3) is 0 Å². The van der Waals surface area contributed by atoms with Crippen molar-refractivity contribution in [3.63, 3.8) is 0 Å². The minimum atomic E-state index is 0.230. The molecule has 30 heavy (non-hydrogen) atoms. The Bertz CT molecular complexity index is 821. The van der Waals surface area contributed by atoms with Crippen LogP contribution >= 0.6 is 0 Å². The molecule has 1 aromatic carbocycles. The quantitative estimate of drug-likeness (QED) is 0.488. The predicted octanol–water partition coefficient (Wildman–Crippen LogP) is 2.99. The average molecular weight is 412 g/mol. The van der Waals surface area contributed by atoms with Crippen LogP contribution in [0.3, 0.4) is 0 Å². The first-order chi connectivity index (χ1) is 14.7. The summed E-state index contributed by atoms with van der Waals surface area (Å²) in [5, 5.41) is 6.89. The van der Waals surface area contributed by atoms with Gasteiger partial charge in [0.15, 0.2) is 5.96 Å². The Morgan fingerprint density at radius 3 is 2.67 bits per heavy atom. The fourth-order valence-corrected chi connectivity index (χ4v) is 3.80. The molecule has 7 heteroatoms. The molecular formula is C23H33N5O2. The van der Waals surface area contributed by atoms with E-state index in [-0.39, 0.29) is 6.04 Å². The number of pyridine rings is 1. The van der Waals surface area contributed by atoms with Gasteiger partial charge in [-0.3, -0.25) is 4.90 Å². The number of hydrogen-bond acceptors (Lipinski definition) is 5. The second-order valence-electron chi connectivity index (χ2n) is 7.28. The largest absolute Gasteiger partial charge is 0.496 e. The Labute approximate surface area is 179 Å². The standard InChI is InChI=1S/C23H33N5O2/c1-4-24-23(26-16-18-11-12-25-22(15-18)30-3)27-17-20(28-13-7-8-14-28)19-9-5-6-10-21(19)29-2/h5-6,9-12,15,20H,4,7-8,13-14,16-17H2,1-3H3,(H2,24,26,27). The smallest absolute Gasteiger partial charge is 0.213 e. The van der Waals surface area contributed by atoms with Crippen molar-refractivity contribution in [2.75, 3.05) is 40.4 Å². The van der Waals surface area contributed by atoms with Crippen molar-refractivity contribution < 1.29 is 9.47 Å². The van der Waals surface area contributed by atoms with Gasteiger partial charge in [0.1, 0.15) is 5.75 Å². The van der Waals surface area contributed by atoms with E-state index in [1.54, 1.807) is 20.4 Å². The highest BCUT2D eigenvalue weighted by atomic mass is 16.5. The third-order valence-electron chi connectivity index (χ3n) is 5.31. The summed E-state index contributed by atoms with van der Waals surface area (Å²) in [4.78, 5) is 11.4. The Morgan fingerprint density at radius 1 is 1.13 bits per heavy atom. The van der Waals surface area contributed by atoms with Crippen LogP contribution in [0.1, 0.15) is 36.9 Å². The lowest BCUT2D eigenvalue weighted by Crippen LogP contribution is -2.42. The van der Waals surface area contributed by atoms with Crippen LogP contribution in [-0.4, -0.2) is 56.2 Å². The number of aromatic nitrogens is 1.